The van der Waals surface area contributed by atoms with Gasteiger partial charge in [0.1, 0.15) is 5.82 Å². The number of rotatable bonds is 6. The quantitative estimate of drug-likeness (QED) is 0.809. The van der Waals surface area contributed by atoms with Crippen LogP contribution in [-0.2, 0) is 0 Å². The fourth-order valence-corrected chi connectivity index (χ4v) is 1.99. The van der Waals surface area contributed by atoms with Crippen LogP contribution < -0.4 is 10.6 Å². The van der Waals surface area contributed by atoms with Crippen molar-refractivity contribution in [3.63, 3.8) is 0 Å². The van der Waals surface area contributed by atoms with Crippen LogP contribution in [0.2, 0.25) is 0 Å². The zero-order chi connectivity index (χ0) is 11.1. The minimum absolute atomic E-state index is 0.789. The standard InChI is InChI=1S/C11H18BrN3/c1-15(9-4-2-3-7-13)11-10(12)6-5-8-14-11/h5-6,8H,2-4,7,9,13H2,1H3. The highest BCUT2D eigenvalue weighted by Crippen LogP contribution is 2.21. The molecule has 0 unspecified atom stereocenters. The Morgan fingerprint density at radius 3 is 2.87 bits per heavy atom. The molecule has 0 spiro atoms. The van der Waals surface area contributed by atoms with Crippen molar-refractivity contribution in [1.29, 1.82) is 0 Å². The van der Waals surface area contributed by atoms with Crippen molar-refractivity contribution < 1.29 is 0 Å². The summed E-state index contributed by atoms with van der Waals surface area (Å²) in [6.45, 7) is 1.81. The molecule has 0 aliphatic rings. The Hall–Kier alpha value is -0.610. The predicted octanol–water partition coefficient (Wildman–Crippen LogP) is 2.41. The molecule has 2 N–H and O–H groups in total. The molecule has 0 radical (unpaired) electrons. The number of halogens is 1. The number of nitrogens with zero attached hydrogens (tertiary/aromatic N) is 2. The van der Waals surface area contributed by atoms with E-state index < -0.39 is 0 Å². The number of aromatic nitrogens is 1. The maximum absolute atomic E-state index is 5.45. The number of anilines is 1. The fraction of sp³-hybridized carbons (Fsp3) is 0.545. The molecule has 1 heterocycles. The molecule has 4 heteroatoms. The lowest BCUT2D eigenvalue weighted by Crippen LogP contribution is -2.20. The summed E-state index contributed by atoms with van der Waals surface area (Å²) in [6, 6.07) is 3.94. The molecule has 0 aliphatic heterocycles. The van der Waals surface area contributed by atoms with Gasteiger partial charge in [0.2, 0.25) is 0 Å². The van der Waals surface area contributed by atoms with E-state index in [-0.39, 0.29) is 0 Å². The van der Waals surface area contributed by atoms with Crippen molar-refractivity contribution in [1.82, 2.24) is 4.98 Å². The van der Waals surface area contributed by atoms with E-state index in [4.69, 9.17) is 5.73 Å². The lowest BCUT2D eigenvalue weighted by Gasteiger charge is -2.18. The van der Waals surface area contributed by atoms with Gasteiger partial charge < -0.3 is 10.6 Å². The van der Waals surface area contributed by atoms with E-state index in [1.165, 1.54) is 6.42 Å². The molecular formula is C11H18BrN3. The van der Waals surface area contributed by atoms with Gasteiger partial charge in [-0.3, -0.25) is 0 Å². The molecule has 0 aliphatic carbocycles. The fourth-order valence-electron chi connectivity index (χ4n) is 1.43. The number of hydrogen-bond donors (Lipinski definition) is 1. The maximum atomic E-state index is 5.45. The van der Waals surface area contributed by atoms with Gasteiger partial charge in [0.25, 0.3) is 0 Å². The van der Waals surface area contributed by atoms with Crippen molar-refractivity contribution >= 4 is 21.7 Å². The summed E-state index contributed by atoms with van der Waals surface area (Å²) in [6.07, 6.45) is 5.27. The minimum atomic E-state index is 0.789. The van der Waals surface area contributed by atoms with E-state index >= 15 is 0 Å². The molecule has 84 valence electrons. The van der Waals surface area contributed by atoms with E-state index in [9.17, 15) is 0 Å². The first kappa shape index (κ1) is 12.5. The van der Waals surface area contributed by atoms with Gasteiger partial charge in [-0.25, -0.2) is 4.98 Å². The molecule has 0 saturated carbocycles. The normalized spacial score (nSPS) is 10.3. The molecule has 0 bridgehead atoms. The molecule has 1 aromatic rings. The van der Waals surface area contributed by atoms with Crippen LogP contribution in [0.25, 0.3) is 0 Å². The third kappa shape index (κ3) is 4.18. The Kier molecular flexibility index (Phi) is 5.65. The van der Waals surface area contributed by atoms with E-state index in [1.54, 1.807) is 0 Å². The van der Waals surface area contributed by atoms with Gasteiger partial charge in [0.15, 0.2) is 0 Å². The van der Waals surface area contributed by atoms with E-state index in [0.717, 1.165) is 36.2 Å². The van der Waals surface area contributed by atoms with Gasteiger partial charge in [0.05, 0.1) is 4.47 Å². The average molecular weight is 272 g/mol. The summed E-state index contributed by atoms with van der Waals surface area (Å²) in [5.41, 5.74) is 5.45. The second-order valence-electron chi connectivity index (χ2n) is 3.58. The second kappa shape index (κ2) is 6.80. The highest BCUT2D eigenvalue weighted by molar-refractivity contribution is 9.10. The Balaban J connectivity index is 2.40. The molecule has 0 fully saturated rings. The topological polar surface area (TPSA) is 42.1 Å². The van der Waals surface area contributed by atoms with Crippen LogP contribution in [-0.4, -0.2) is 25.1 Å². The number of pyridine rings is 1. The van der Waals surface area contributed by atoms with E-state index in [1.807, 2.05) is 18.3 Å². The monoisotopic (exact) mass is 271 g/mol. The number of unbranched alkanes of at least 4 members (excludes halogenated alkanes) is 2. The molecule has 3 nitrogen and oxygen atoms in total. The van der Waals surface area contributed by atoms with Gasteiger partial charge in [-0.2, -0.15) is 0 Å². The van der Waals surface area contributed by atoms with Crippen molar-refractivity contribution in [3.05, 3.63) is 22.8 Å². The van der Waals surface area contributed by atoms with Gasteiger partial charge in [-0.05, 0) is 47.4 Å². The molecule has 0 saturated heterocycles. The molecule has 0 aromatic carbocycles. The Morgan fingerprint density at radius 2 is 2.20 bits per heavy atom. The van der Waals surface area contributed by atoms with Gasteiger partial charge in [0, 0.05) is 19.8 Å². The lowest BCUT2D eigenvalue weighted by molar-refractivity contribution is 0.676. The highest BCUT2D eigenvalue weighted by Gasteiger charge is 2.05. The first-order valence-corrected chi connectivity index (χ1v) is 6.06. The molecule has 0 amide bonds. The molecule has 1 rings (SSSR count). The van der Waals surface area contributed by atoms with Crippen LogP contribution in [0.15, 0.2) is 22.8 Å². The summed E-state index contributed by atoms with van der Waals surface area (Å²) in [7, 11) is 2.07. The SMILES string of the molecule is CN(CCCCCN)c1ncccc1Br. The third-order valence-corrected chi connectivity index (χ3v) is 2.92. The minimum Gasteiger partial charge on any atom is -0.359 e. The maximum Gasteiger partial charge on any atom is 0.142 e. The van der Waals surface area contributed by atoms with Gasteiger partial charge in [-0.1, -0.05) is 6.42 Å². The molecular weight excluding hydrogens is 254 g/mol. The smallest absolute Gasteiger partial charge is 0.142 e. The lowest BCUT2D eigenvalue weighted by atomic mass is 10.2. The van der Waals surface area contributed by atoms with Crippen molar-refractivity contribution in [2.45, 2.75) is 19.3 Å². The third-order valence-electron chi connectivity index (χ3n) is 2.30. The largest absolute Gasteiger partial charge is 0.359 e. The van der Waals surface area contributed by atoms with Crippen LogP contribution in [0.4, 0.5) is 5.82 Å². The Morgan fingerprint density at radius 1 is 1.40 bits per heavy atom. The van der Waals surface area contributed by atoms with Crippen molar-refractivity contribution in [3.8, 4) is 0 Å². The number of nitrogens with two attached hydrogens (primary N) is 1. The summed E-state index contributed by atoms with van der Waals surface area (Å²) in [4.78, 5) is 6.50. The molecule has 1 aromatic heterocycles. The molecule has 0 atom stereocenters. The second-order valence-corrected chi connectivity index (χ2v) is 4.43. The zero-order valence-electron chi connectivity index (χ0n) is 9.12. The van der Waals surface area contributed by atoms with E-state index in [2.05, 4.69) is 32.9 Å². The van der Waals surface area contributed by atoms with Crippen molar-refractivity contribution in [2.75, 3.05) is 25.0 Å². The van der Waals surface area contributed by atoms with Crippen LogP contribution in [0.5, 0.6) is 0 Å². The summed E-state index contributed by atoms with van der Waals surface area (Å²) < 4.78 is 1.05. The zero-order valence-corrected chi connectivity index (χ0v) is 10.7. The van der Waals surface area contributed by atoms with Crippen LogP contribution in [0, 0.1) is 0 Å². The first-order chi connectivity index (χ1) is 7.25. The Labute approximate surface area is 99.8 Å². The summed E-state index contributed by atoms with van der Waals surface area (Å²) in [5.74, 6) is 1.00. The first-order valence-electron chi connectivity index (χ1n) is 5.27. The Bertz CT molecular complexity index is 291. The van der Waals surface area contributed by atoms with Crippen LogP contribution in [0.1, 0.15) is 19.3 Å². The predicted molar refractivity (Wildman–Crippen MR) is 68.1 cm³/mol. The summed E-state index contributed by atoms with van der Waals surface area (Å²) in [5, 5.41) is 0. The van der Waals surface area contributed by atoms with E-state index in [0.29, 0.717) is 0 Å². The van der Waals surface area contributed by atoms with Crippen LogP contribution >= 0.6 is 15.9 Å². The van der Waals surface area contributed by atoms with Crippen molar-refractivity contribution in [2.24, 2.45) is 5.73 Å². The highest BCUT2D eigenvalue weighted by atomic mass is 79.9. The molecule has 15 heavy (non-hydrogen) atoms. The number of hydrogen-bond acceptors (Lipinski definition) is 3. The summed E-state index contributed by atoms with van der Waals surface area (Å²) >= 11 is 3.50. The van der Waals surface area contributed by atoms with Crippen LogP contribution in [0.3, 0.4) is 0 Å². The average Bonchev–Trinajstić information content (AvgIpc) is 2.25. The van der Waals surface area contributed by atoms with Gasteiger partial charge in [-0.15, -0.1) is 0 Å². The van der Waals surface area contributed by atoms with Gasteiger partial charge >= 0.3 is 0 Å².